The molecule has 1 fully saturated rings. The van der Waals surface area contributed by atoms with Crippen LogP contribution in [0.15, 0.2) is 16.6 Å². The van der Waals surface area contributed by atoms with Crippen LogP contribution in [0, 0.1) is 0 Å². The van der Waals surface area contributed by atoms with Crippen molar-refractivity contribution < 1.29 is 9.53 Å². The first-order chi connectivity index (χ1) is 10.6. The van der Waals surface area contributed by atoms with Crippen LogP contribution in [-0.2, 0) is 6.42 Å². The molecular weight excluding hydrogens is 344 g/mol. The number of halogens is 1. The smallest absolute Gasteiger partial charge is 0.255 e. The molecule has 1 atom stereocenters. The zero-order chi connectivity index (χ0) is 16.1. The molecule has 4 nitrogen and oxygen atoms in total. The van der Waals surface area contributed by atoms with E-state index in [0.29, 0.717) is 23.9 Å². The molecule has 5 heteroatoms. The normalized spacial score (nSPS) is 18.5. The highest BCUT2D eigenvalue weighted by Crippen LogP contribution is 2.29. The molecule has 1 saturated heterocycles. The molecule has 1 aliphatic rings. The molecule has 1 heterocycles. The first-order valence-corrected chi connectivity index (χ1v) is 8.78. The second kappa shape index (κ2) is 7.97. The highest BCUT2D eigenvalue weighted by molar-refractivity contribution is 9.10. The summed E-state index contributed by atoms with van der Waals surface area (Å²) < 4.78 is 6.37. The van der Waals surface area contributed by atoms with Gasteiger partial charge in [0.05, 0.1) is 12.7 Å². The Morgan fingerprint density at radius 1 is 1.45 bits per heavy atom. The lowest BCUT2D eigenvalue weighted by Crippen LogP contribution is -2.40. The number of likely N-dealkylation sites (tertiary alicyclic amines) is 1. The molecule has 1 aliphatic heterocycles. The summed E-state index contributed by atoms with van der Waals surface area (Å²) in [6.45, 7) is 7.11. The molecule has 0 spiro atoms. The van der Waals surface area contributed by atoms with Gasteiger partial charge in [0.1, 0.15) is 5.75 Å². The Morgan fingerprint density at radius 3 is 2.86 bits per heavy atom. The molecule has 0 radical (unpaired) electrons. The summed E-state index contributed by atoms with van der Waals surface area (Å²) in [5, 5.41) is 3.08. The van der Waals surface area contributed by atoms with E-state index >= 15 is 0 Å². The largest absolute Gasteiger partial charge is 0.496 e. The quantitative estimate of drug-likeness (QED) is 0.837. The number of aryl methyl sites for hydroxylation is 1. The van der Waals surface area contributed by atoms with Gasteiger partial charge in [0, 0.05) is 17.1 Å². The third-order valence-corrected chi connectivity index (χ3v) is 4.82. The first-order valence-electron chi connectivity index (χ1n) is 7.99. The summed E-state index contributed by atoms with van der Waals surface area (Å²) in [7, 11) is 1.62. The molecule has 0 aromatic heterocycles. The van der Waals surface area contributed by atoms with E-state index in [1.807, 2.05) is 12.1 Å². The molecule has 1 aromatic carbocycles. The molecule has 1 aromatic rings. The number of rotatable bonds is 6. The van der Waals surface area contributed by atoms with Crippen LogP contribution in [0.25, 0.3) is 0 Å². The van der Waals surface area contributed by atoms with Crippen LogP contribution < -0.4 is 10.1 Å². The second-order valence-corrected chi connectivity index (χ2v) is 6.55. The SMILES string of the molecule is CCc1cc(Br)cc(C(=O)NCC2CCCN2CC)c1OC. The van der Waals surface area contributed by atoms with E-state index < -0.39 is 0 Å². The minimum Gasteiger partial charge on any atom is -0.496 e. The third kappa shape index (κ3) is 3.82. The Balaban J connectivity index is 2.10. The van der Waals surface area contributed by atoms with Gasteiger partial charge < -0.3 is 10.1 Å². The monoisotopic (exact) mass is 368 g/mol. The zero-order valence-corrected chi connectivity index (χ0v) is 15.2. The number of carbonyl (C=O) groups is 1. The Hall–Kier alpha value is -1.07. The topological polar surface area (TPSA) is 41.6 Å². The minimum absolute atomic E-state index is 0.0594. The van der Waals surface area contributed by atoms with Crippen molar-refractivity contribution in [3.05, 3.63) is 27.7 Å². The highest BCUT2D eigenvalue weighted by Gasteiger charge is 2.24. The Labute approximate surface area is 141 Å². The van der Waals surface area contributed by atoms with E-state index in [0.717, 1.165) is 36.0 Å². The predicted molar refractivity (Wildman–Crippen MR) is 92.7 cm³/mol. The van der Waals surface area contributed by atoms with E-state index in [2.05, 4.69) is 40.0 Å². The number of hydrogen-bond acceptors (Lipinski definition) is 3. The fraction of sp³-hybridized carbons (Fsp3) is 0.588. The summed E-state index contributed by atoms with van der Waals surface area (Å²) >= 11 is 3.48. The Kier molecular flexibility index (Phi) is 6.26. The summed E-state index contributed by atoms with van der Waals surface area (Å²) in [5.41, 5.74) is 1.65. The first kappa shape index (κ1) is 17.3. The molecule has 0 aliphatic carbocycles. The number of ether oxygens (including phenoxy) is 1. The standard InChI is InChI=1S/C17H25BrN2O2/c1-4-12-9-13(18)10-15(16(12)22-3)17(21)19-11-14-7-6-8-20(14)5-2/h9-10,14H,4-8,11H2,1-3H3,(H,19,21). The van der Waals surface area contributed by atoms with Crippen LogP contribution in [0.1, 0.15) is 42.6 Å². The van der Waals surface area contributed by atoms with Crippen molar-refractivity contribution >= 4 is 21.8 Å². The van der Waals surface area contributed by atoms with E-state index in [-0.39, 0.29) is 5.91 Å². The van der Waals surface area contributed by atoms with Crippen LogP contribution in [0.3, 0.4) is 0 Å². The van der Waals surface area contributed by atoms with Crippen molar-refractivity contribution in [2.75, 3.05) is 26.7 Å². The second-order valence-electron chi connectivity index (χ2n) is 5.63. The molecule has 2 rings (SSSR count). The number of hydrogen-bond donors (Lipinski definition) is 1. The lowest BCUT2D eigenvalue weighted by atomic mass is 10.1. The number of carbonyl (C=O) groups excluding carboxylic acids is 1. The molecule has 0 saturated carbocycles. The number of amides is 1. The maximum Gasteiger partial charge on any atom is 0.255 e. The maximum absolute atomic E-state index is 12.6. The molecule has 1 amide bonds. The Morgan fingerprint density at radius 2 is 2.23 bits per heavy atom. The zero-order valence-electron chi connectivity index (χ0n) is 13.6. The molecule has 0 bridgehead atoms. The van der Waals surface area contributed by atoms with Gasteiger partial charge in [0.25, 0.3) is 5.91 Å². The van der Waals surface area contributed by atoms with Gasteiger partial charge in [-0.3, -0.25) is 9.69 Å². The summed E-state index contributed by atoms with van der Waals surface area (Å²) in [6.07, 6.45) is 3.20. The van der Waals surface area contributed by atoms with Crippen LogP contribution in [-0.4, -0.2) is 43.6 Å². The lowest BCUT2D eigenvalue weighted by Gasteiger charge is -2.23. The average Bonchev–Trinajstić information content (AvgIpc) is 2.99. The van der Waals surface area contributed by atoms with Gasteiger partial charge in [-0.25, -0.2) is 0 Å². The average molecular weight is 369 g/mol. The van der Waals surface area contributed by atoms with Gasteiger partial charge in [0.2, 0.25) is 0 Å². The summed E-state index contributed by atoms with van der Waals surface area (Å²) in [6, 6.07) is 4.29. The molecule has 22 heavy (non-hydrogen) atoms. The van der Waals surface area contributed by atoms with E-state index in [1.165, 1.54) is 6.42 Å². The van der Waals surface area contributed by atoms with Gasteiger partial charge >= 0.3 is 0 Å². The van der Waals surface area contributed by atoms with Crippen LogP contribution in [0.5, 0.6) is 5.75 Å². The summed E-state index contributed by atoms with van der Waals surface area (Å²) in [4.78, 5) is 15.0. The molecular formula is C17H25BrN2O2. The van der Waals surface area contributed by atoms with E-state index in [9.17, 15) is 4.79 Å². The van der Waals surface area contributed by atoms with Gasteiger partial charge in [-0.2, -0.15) is 0 Å². The molecule has 1 unspecified atom stereocenters. The number of nitrogens with one attached hydrogen (secondary N) is 1. The van der Waals surface area contributed by atoms with Crippen LogP contribution >= 0.6 is 15.9 Å². The van der Waals surface area contributed by atoms with Gasteiger partial charge in [0.15, 0.2) is 0 Å². The van der Waals surface area contributed by atoms with Gasteiger partial charge in [-0.1, -0.05) is 29.8 Å². The van der Waals surface area contributed by atoms with Gasteiger partial charge in [-0.05, 0) is 50.0 Å². The number of nitrogens with zero attached hydrogens (tertiary/aromatic N) is 1. The number of benzene rings is 1. The fourth-order valence-electron chi connectivity index (χ4n) is 3.17. The van der Waals surface area contributed by atoms with Crippen molar-refractivity contribution in [2.45, 2.75) is 39.2 Å². The molecule has 122 valence electrons. The van der Waals surface area contributed by atoms with Crippen molar-refractivity contribution in [3.8, 4) is 5.75 Å². The maximum atomic E-state index is 12.6. The van der Waals surface area contributed by atoms with E-state index in [4.69, 9.17) is 4.74 Å². The van der Waals surface area contributed by atoms with Crippen LogP contribution in [0.2, 0.25) is 0 Å². The number of methoxy groups -OCH3 is 1. The van der Waals surface area contributed by atoms with Crippen molar-refractivity contribution in [3.63, 3.8) is 0 Å². The third-order valence-electron chi connectivity index (χ3n) is 4.36. The van der Waals surface area contributed by atoms with Crippen molar-refractivity contribution in [1.29, 1.82) is 0 Å². The van der Waals surface area contributed by atoms with E-state index in [1.54, 1.807) is 7.11 Å². The minimum atomic E-state index is -0.0594. The van der Waals surface area contributed by atoms with Gasteiger partial charge in [-0.15, -0.1) is 0 Å². The number of likely N-dealkylation sites (N-methyl/N-ethyl adjacent to an activating group) is 1. The summed E-state index contributed by atoms with van der Waals surface area (Å²) in [5.74, 6) is 0.623. The predicted octanol–water partition coefficient (Wildman–Crippen LogP) is 3.23. The fourth-order valence-corrected chi connectivity index (χ4v) is 3.68. The lowest BCUT2D eigenvalue weighted by molar-refractivity contribution is 0.0938. The van der Waals surface area contributed by atoms with Crippen molar-refractivity contribution in [1.82, 2.24) is 10.2 Å². The van der Waals surface area contributed by atoms with Crippen molar-refractivity contribution in [2.24, 2.45) is 0 Å². The highest BCUT2D eigenvalue weighted by atomic mass is 79.9. The molecule has 1 N–H and O–H groups in total. The van der Waals surface area contributed by atoms with Crippen LogP contribution in [0.4, 0.5) is 0 Å². The Bertz CT molecular complexity index is 534.